The van der Waals surface area contributed by atoms with Gasteiger partial charge < -0.3 is 0 Å². The van der Waals surface area contributed by atoms with E-state index in [1.54, 1.807) is 4.68 Å². The predicted molar refractivity (Wildman–Crippen MR) is 107 cm³/mol. The van der Waals surface area contributed by atoms with Crippen LogP contribution >= 0.6 is 12.2 Å². The molecule has 0 atom stereocenters. The third-order valence-electron chi connectivity index (χ3n) is 4.93. The zero-order chi connectivity index (χ0) is 20.6. The summed E-state index contributed by atoms with van der Waals surface area (Å²) in [7, 11) is 1.90. The minimum atomic E-state index is -4.32. The second-order valence-electron chi connectivity index (χ2n) is 7.44. The van der Waals surface area contributed by atoms with Gasteiger partial charge >= 0.3 is 6.18 Å². The number of para-hydroxylation sites is 1. The van der Waals surface area contributed by atoms with Gasteiger partial charge in [-0.1, -0.05) is 30.3 Å². The third-order valence-corrected chi connectivity index (χ3v) is 5.32. The summed E-state index contributed by atoms with van der Waals surface area (Å²) in [6.07, 6.45) is -2.10. The highest BCUT2D eigenvalue weighted by molar-refractivity contribution is 7.71. The van der Waals surface area contributed by atoms with Gasteiger partial charge in [0.1, 0.15) is 5.82 Å². The average Bonchev–Trinajstić information content (AvgIpc) is 3.47. The van der Waals surface area contributed by atoms with Crippen LogP contribution in [0.5, 0.6) is 0 Å². The van der Waals surface area contributed by atoms with Crippen LogP contribution in [0.4, 0.5) is 13.2 Å². The van der Waals surface area contributed by atoms with Crippen molar-refractivity contribution in [1.29, 1.82) is 0 Å². The summed E-state index contributed by atoms with van der Waals surface area (Å²) in [6.45, 7) is 0.955. The van der Waals surface area contributed by atoms with Crippen molar-refractivity contribution in [2.45, 2.75) is 38.1 Å². The number of rotatable bonds is 6. The lowest BCUT2D eigenvalue weighted by molar-refractivity contribution is -0.137. The predicted octanol–water partition coefficient (Wildman–Crippen LogP) is 5.39. The van der Waals surface area contributed by atoms with Crippen molar-refractivity contribution in [3.8, 4) is 5.69 Å². The molecular formula is C21H21F3N4S. The average molecular weight is 418 g/mol. The first-order valence-electron chi connectivity index (χ1n) is 9.43. The van der Waals surface area contributed by atoms with Gasteiger partial charge in [0.15, 0.2) is 0 Å². The Morgan fingerprint density at radius 2 is 1.72 bits per heavy atom. The molecule has 152 valence electrons. The van der Waals surface area contributed by atoms with Crippen LogP contribution in [0, 0.1) is 4.77 Å². The van der Waals surface area contributed by atoms with Crippen molar-refractivity contribution in [3.63, 3.8) is 0 Å². The fourth-order valence-corrected chi connectivity index (χ4v) is 3.63. The maximum atomic E-state index is 12.7. The Bertz CT molecular complexity index is 1030. The number of alkyl halides is 3. The minimum Gasteiger partial charge on any atom is -0.283 e. The van der Waals surface area contributed by atoms with Crippen LogP contribution in [-0.2, 0) is 19.4 Å². The van der Waals surface area contributed by atoms with Crippen LogP contribution < -0.4 is 0 Å². The molecule has 1 aliphatic rings. The van der Waals surface area contributed by atoms with Crippen molar-refractivity contribution >= 4 is 12.2 Å². The molecule has 29 heavy (non-hydrogen) atoms. The van der Waals surface area contributed by atoms with Gasteiger partial charge in [0.2, 0.25) is 4.77 Å². The molecule has 0 radical (unpaired) electrons. The van der Waals surface area contributed by atoms with Crippen LogP contribution in [-0.4, -0.2) is 26.3 Å². The van der Waals surface area contributed by atoms with Crippen LogP contribution in [0.1, 0.15) is 35.7 Å². The number of hydrogen-bond acceptors (Lipinski definition) is 3. The lowest BCUT2D eigenvalue weighted by Crippen LogP contribution is -2.22. The SMILES string of the molecule is CN(Cc1ccc(C(F)(F)F)cc1)Cn1nc(C2CC2)n(-c2ccccc2)c1=S. The van der Waals surface area contributed by atoms with Crippen molar-refractivity contribution in [2.24, 2.45) is 0 Å². The van der Waals surface area contributed by atoms with Gasteiger partial charge in [-0.25, -0.2) is 4.68 Å². The third kappa shape index (κ3) is 4.43. The highest BCUT2D eigenvalue weighted by Gasteiger charge is 2.31. The van der Waals surface area contributed by atoms with Gasteiger partial charge in [-0.15, -0.1) is 0 Å². The lowest BCUT2D eigenvalue weighted by Gasteiger charge is -2.17. The molecule has 0 saturated heterocycles. The number of aromatic nitrogens is 3. The molecule has 0 spiro atoms. The first-order valence-corrected chi connectivity index (χ1v) is 9.83. The molecule has 8 heteroatoms. The zero-order valence-corrected chi connectivity index (χ0v) is 16.7. The van der Waals surface area contributed by atoms with E-state index in [0.29, 0.717) is 23.9 Å². The first-order chi connectivity index (χ1) is 13.8. The molecule has 1 saturated carbocycles. The van der Waals surface area contributed by atoms with Gasteiger partial charge in [0.05, 0.1) is 12.2 Å². The zero-order valence-electron chi connectivity index (χ0n) is 15.9. The molecule has 1 aliphatic carbocycles. The summed E-state index contributed by atoms with van der Waals surface area (Å²) in [5.74, 6) is 1.41. The molecule has 3 aromatic rings. The first kappa shape index (κ1) is 19.8. The Labute approximate surface area is 172 Å². The minimum absolute atomic E-state index is 0.429. The molecule has 4 nitrogen and oxygen atoms in total. The van der Waals surface area contributed by atoms with Gasteiger partial charge in [-0.3, -0.25) is 9.47 Å². The van der Waals surface area contributed by atoms with Gasteiger partial charge in [0.25, 0.3) is 0 Å². The van der Waals surface area contributed by atoms with E-state index >= 15 is 0 Å². The molecule has 0 unspecified atom stereocenters. The second kappa shape index (κ2) is 7.76. The molecular weight excluding hydrogens is 397 g/mol. The number of benzene rings is 2. The smallest absolute Gasteiger partial charge is 0.283 e. The van der Waals surface area contributed by atoms with Crippen molar-refractivity contribution < 1.29 is 13.2 Å². The van der Waals surface area contributed by atoms with Gasteiger partial charge in [0, 0.05) is 18.2 Å². The molecule has 1 fully saturated rings. The van der Waals surface area contributed by atoms with Crippen molar-refractivity contribution in [2.75, 3.05) is 7.05 Å². The summed E-state index contributed by atoms with van der Waals surface area (Å²) in [5.41, 5.74) is 1.16. The number of halogens is 3. The monoisotopic (exact) mass is 418 g/mol. The number of nitrogens with zero attached hydrogens (tertiary/aromatic N) is 4. The van der Waals surface area contributed by atoms with Crippen molar-refractivity contribution in [3.05, 3.63) is 76.3 Å². The van der Waals surface area contributed by atoms with E-state index in [9.17, 15) is 13.2 Å². The van der Waals surface area contributed by atoms with E-state index in [1.807, 2.05) is 46.8 Å². The molecule has 0 bridgehead atoms. The van der Waals surface area contributed by atoms with E-state index in [2.05, 4.69) is 0 Å². The van der Waals surface area contributed by atoms with Gasteiger partial charge in [-0.05, 0) is 61.9 Å². The van der Waals surface area contributed by atoms with E-state index in [0.717, 1.165) is 42.0 Å². The lowest BCUT2D eigenvalue weighted by atomic mass is 10.1. The number of hydrogen-bond donors (Lipinski definition) is 0. The second-order valence-corrected chi connectivity index (χ2v) is 7.80. The van der Waals surface area contributed by atoms with Crippen LogP contribution in [0.25, 0.3) is 5.69 Å². The van der Waals surface area contributed by atoms with Crippen LogP contribution in [0.3, 0.4) is 0 Å². The van der Waals surface area contributed by atoms with Crippen LogP contribution in [0.2, 0.25) is 0 Å². The molecule has 2 aromatic carbocycles. The Kier molecular flexibility index (Phi) is 5.31. The maximum Gasteiger partial charge on any atom is 0.416 e. The quantitative estimate of drug-likeness (QED) is 0.502. The fraction of sp³-hybridized carbons (Fsp3) is 0.333. The molecule has 1 aromatic heterocycles. The standard InChI is InChI=1S/C21H21F3N4S/c1-26(13-15-7-11-17(12-8-15)21(22,23)24)14-27-20(29)28(18-5-3-2-4-6-18)19(25-27)16-9-10-16/h2-8,11-12,16H,9-10,13-14H2,1H3. The van der Waals surface area contributed by atoms with Gasteiger partial charge in [-0.2, -0.15) is 18.3 Å². The Morgan fingerprint density at radius 3 is 2.31 bits per heavy atom. The fourth-order valence-electron chi connectivity index (χ4n) is 3.33. The maximum absolute atomic E-state index is 12.7. The largest absolute Gasteiger partial charge is 0.416 e. The highest BCUT2D eigenvalue weighted by atomic mass is 32.1. The molecule has 4 rings (SSSR count). The normalized spacial score (nSPS) is 14.5. The Hall–Kier alpha value is -2.45. The molecule has 1 heterocycles. The highest BCUT2D eigenvalue weighted by Crippen LogP contribution is 2.40. The summed E-state index contributed by atoms with van der Waals surface area (Å²) in [4.78, 5) is 1.98. The van der Waals surface area contributed by atoms with E-state index < -0.39 is 11.7 Å². The van der Waals surface area contributed by atoms with E-state index in [1.165, 1.54) is 12.1 Å². The van der Waals surface area contributed by atoms with Crippen LogP contribution in [0.15, 0.2) is 54.6 Å². The Balaban J connectivity index is 1.53. The van der Waals surface area contributed by atoms with E-state index in [-0.39, 0.29) is 0 Å². The summed E-state index contributed by atoms with van der Waals surface area (Å²) in [6, 6.07) is 15.2. The van der Waals surface area contributed by atoms with Crippen molar-refractivity contribution in [1.82, 2.24) is 19.2 Å². The van der Waals surface area contributed by atoms with E-state index in [4.69, 9.17) is 17.3 Å². The molecule has 0 amide bonds. The summed E-state index contributed by atoms with van der Waals surface area (Å²) >= 11 is 5.69. The molecule has 0 aliphatic heterocycles. The Morgan fingerprint density at radius 1 is 1.07 bits per heavy atom. The topological polar surface area (TPSA) is 26.0 Å². The summed E-state index contributed by atoms with van der Waals surface area (Å²) in [5, 5.41) is 4.76. The molecule has 0 N–H and O–H groups in total. The summed E-state index contributed by atoms with van der Waals surface area (Å²) < 4.78 is 42.6.